The fourth-order valence-corrected chi connectivity index (χ4v) is 4.44. The van der Waals surface area contributed by atoms with E-state index in [1.165, 1.54) is 25.7 Å². The lowest BCUT2D eigenvalue weighted by Crippen LogP contribution is -2.24. The molecular weight excluding hydrogens is 412 g/mol. The molecule has 1 saturated carbocycles. The van der Waals surface area contributed by atoms with Crippen LogP contribution in [0.2, 0.25) is 5.02 Å². The summed E-state index contributed by atoms with van der Waals surface area (Å²) in [6, 6.07) is 9.33. The maximum absolute atomic E-state index is 9.57. The van der Waals surface area contributed by atoms with Crippen LogP contribution in [0, 0.1) is 23.2 Å². The van der Waals surface area contributed by atoms with Crippen molar-refractivity contribution in [2.75, 3.05) is 11.9 Å². The summed E-state index contributed by atoms with van der Waals surface area (Å²) >= 11 is 6.25. The van der Waals surface area contributed by atoms with Gasteiger partial charge in [0.1, 0.15) is 17.3 Å². The number of aliphatic hydroxyl groups excluding tert-OH is 1. The first-order valence-electron chi connectivity index (χ1n) is 10.8. The average Bonchev–Trinajstić information content (AvgIpc) is 3.11. The minimum atomic E-state index is -0.167. The Morgan fingerprint density at radius 3 is 2.71 bits per heavy atom. The van der Waals surface area contributed by atoms with Gasteiger partial charge in [-0.25, -0.2) is 4.98 Å². The first-order valence-corrected chi connectivity index (χ1v) is 11.2. The van der Waals surface area contributed by atoms with Crippen LogP contribution in [0.15, 0.2) is 24.3 Å². The third kappa shape index (κ3) is 4.65. The van der Waals surface area contributed by atoms with Gasteiger partial charge in [0.2, 0.25) is 11.8 Å². The molecule has 3 aromatic rings. The Balaban J connectivity index is 1.88. The molecule has 1 unspecified atom stereocenters. The fourth-order valence-electron chi connectivity index (χ4n) is 4.25. The molecule has 8 heteroatoms. The molecule has 1 aliphatic rings. The third-order valence-electron chi connectivity index (χ3n) is 6.03. The molecule has 4 rings (SSSR count). The molecule has 0 spiro atoms. The molecule has 1 aromatic carbocycles. The standard InChI is InChI=1S/C23H27ClN6O/c1-14-6-8-16(9-7-14)12-30-21-20(17-4-3-5-18(24)10-17)27-19(11-25)28-22(21)29-23(30)26-15(2)13-31/h3-5,10,14-16,31H,6-9,12-13H2,1-2H3,(H,26,27,28,29). The second-order valence-electron chi connectivity index (χ2n) is 8.59. The predicted octanol–water partition coefficient (Wildman–Crippen LogP) is 4.64. The van der Waals surface area contributed by atoms with Crippen molar-refractivity contribution in [3.63, 3.8) is 0 Å². The van der Waals surface area contributed by atoms with E-state index >= 15 is 0 Å². The number of hydrogen-bond donors (Lipinski definition) is 2. The summed E-state index contributed by atoms with van der Waals surface area (Å²) < 4.78 is 2.12. The van der Waals surface area contributed by atoms with Crippen LogP contribution in [0.5, 0.6) is 0 Å². The van der Waals surface area contributed by atoms with E-state index in [0.717, 1.165) is 23.5 Å². The number of aromatic nitrogens is 4. The number of fused-ring (bicyclic) bond motifs is 1. The van der Waals surface area contributed by atoms with Gasteiger partial charge in [0.05, 0.1) is 6.61 Å². The number of nitrogens with zero attached hydrogens (tertiary/aromatic N) is 5. The van der Waals surface area contributed by atoms with Gasteiger partial charge in [-0.15, -0.1) is 0 Å². The van der Waals surface area contributed by atoms with Crippen molar-refractivity contribution in [2.24, 2.45) is 11.8 Å². The zero-order valence-electron chi connectivity index (χ0n) is 17.8. The highest BCUT2D eigenvalue weighted by molar-refractivity contribution is 6.30. The fraction of sp³-hybridized carbons (Fsp3) is 0.478. The summed E-state index contributed by atoms with van der Waals surface area (Å²) in [4.78, 5) is 13.6. The quantitative estimate of drug-likeness (QED) is 0.581. The van der Waals surface area contributed by atoms with Crippen LogP contribution in [0.1, 0.15) is 45.4 Å². The number of benzene rings is 1. The van der Waals surface area contributed by atoms with Gasteiger partial charge < -0.3 is 15.0 Å². The lowest BCUT2D eigenvalue weighted by molar-refractivity contribution is 0.265. The zero-order chi connectivity index (χ0) is 22.0. The van der Waals surface area contributed by atoms with Crippen LogP contribution in [0.3, 0.4) is 0 Å². The highest BCUT2D eigenvalue weighted by Crippen LogP contribution is 2.34. The van der Waals surface area contributed by atoms with Crippen LogP contribution < -0.4 is 5.32 Å². The number of aliphatic hydroxyl groups is 1. The summed E-state index contributed by atoms with van der Waals surface area (Å²) in [6.45, 7) is 4.98. The molecule has 0 aliphatic heterocycles. The van der Waals surface area contributed by atoms with E-state index in [0.29, 0.717) is 28.2 Å². The summed E-state index contributed by atoms with van der Waals surface area (Å²) in [7, 11) is 0. The van der Waals surface area contributed by atoms with E-state index in [1.807, 2.05) is 37.3 Å². The van der Waals surface area contributed by atoms with Crippen LogP contribution in [0.4, 0.5) is 5.95 Å². The highest BCUT2D eigenvalue weighted by atomic mass is 35.5. The van der Waals surface area contributed by atoms with Crippen molar-refractivity contribution >= 4 is 28.7 Å². The minimum absolute atomic E-state index is 0.0135. The van der Waals surface area contributed by atoms with Crippen LogP contribution >= 0.6 is 11.6 Å². The Bertz CT molecular complexity index is 1110. The van der Waals surface area contributed by atoms with Gasteiger partial charge in [0, 0.05) is 23.2 Å². The van der Waals surface area contributed by atoms with Gasteiger partial charge in [-0.2, -0.15) is 15.2 Å². The van der Waals surface area contributed by atoms with Crippen LogP contribution in [0.25, 0.3) is 22.4 Å². The molecule has 2 aromatic heterocycles. The largest absolute Gasteiger partial charge is 0.394 e. The molecule has 2 N–H and O–H groups in total. The van der Waals surface area contributed by atoms with E-state index in [4.69, 9.17) is 16.6 Å². The smallest absolute Gasteiger partial charge is 0.234 e. The molecule has 0 amide bonds. The Morgan fingerprint density at radius 2 is 2.03 bits per heavy atom. The molecule has 1 atom stereocenters. The highest BCUT2D eigenvalue weighted by Gasteiger charge is 2.25. The second kappa shape index (κ2) is 9.21. The van der Waals surface area contributed by atoms with E-state index in [-0.39, 0.29) is 18.5 Å². The van der Waals surface area contributed by atoms with Crippen molar-refractivity contribution in [2.45, 2.75) is 52.1 Å². The van der Waals surface area contributed by atoms with Gasteiger partial charge in [-0.05, 0) is 43.7 Å². The number of nitrogens with one attached hydrogen (secondary N) is 1. The van der Waals surface area contributed by atoms with Gasteiger partial charge in [0.25, 0.3) is 0 Å². The maximum Gasteiger partial charge on any atom is 0.234 e. The monoisotopic (exact) mass is 438 g/mol. The normalized spacial score (nSPS) is 19.8. The summed E-state index contributed by atoms with van der Waals surface area (Å²) in [5.41, 5.74) is 2.72. The van der Waals surface area contributed by atoms with E-state index in [1.54, 1.807) is 0 Å². The average molecular weight is 439 g/mol. The van der Waals surface area contributed by atoms with Gasteiger partial charge in [-0.1, -0.05) is 43.5 Å². The number of hydrogen-bond acceptors (Lipinski definition) is 6. The lowest BCUT2D eigenvalue weighted by Gasteiger charge is -2.27. The topological polar surface area (TPSA) is 99.6 Å². The van der Waals surface area contributed by atoms with Crippen LogP contribution in [-0.4, -0.2) is 37.3 Å². The molecule has 1 fully saturated rings. The Morgan fingerprint density at radius 1 is 1.26 bits per heavy atom. The van der Waals surface area contributed by atoms with E-state index < -0.39 is 0 Å². The molecular formula is C23H27ClN6O. The Hall–Kier alpha value is -2.69. The summed E-state index contributed by atoms with van der Waals surface area (Å²) in [5.74, 6) is 2.01. The van der Waals surface area contributed by atoms with Crippen molar-refractivity contribution in [3.8, 4) is 17.3 Å². The molecule has 0 saturated heterocycles. The van der Waals surface area contributed by atoms with E-state index in [9.17, 15) is 10.4 Å². The first kappa shape index (κ1) is 21.5. The molecule has 31 heavy (non-hydrogen) atoms. The number of nitriles is 1. The molecule has 2 heterocycles. The minimum Gasteiger partial charge on any atom is -0.394 e. The van der Waals surface area contributed by atoms with Gasteiger partial charge in [0.15, 0.2) is 5.65 Å². The third-order valence-corrected chi connectivity index (χ3v) is 6.26. The lowest BCUT2D eigenvalue weighted by atomic mass is 9.83. The first-order chi connectivity index (χ1) is 15.0. The summed E-state index contributed by atoms with van der Waals surface area (Å²) in [5, 5.41) is 23.0. The molecule has 162 valence electrons. The van der Waals surface area contributed by atoms with Crippen molar-refractivity contribution in [1.82, 2.24) is 19.5 Å². The summed E-state index contributed by atoms with van der Waals surface area (Å²) in [6.07, 6.45) is 4.78. The van der Waals surface area contributed by atoms with Gasteiger partial charge in [-0.3, -0.25) is 0 Å². The Labute approximate surface area is 187 Å². The van der Waals surface area contributed by atoms with Crippen LogP contribution in [-0.2, 0) is 6.54 Å². The second-order valence-corrected chi connectivity index (χ2v) is 9.03. The number of imidazole rings is 1. The van der Waals surface area contributed by atoms with Gasteiger partial charge >= 0.3 is 0 Å². The van der Waals surface area contributed by atoms with Crippen molar-refractivity contribution in [1.29, 1.82) is 5.26 Å². The van der Waals surface area contributed by atoms with Crippen molar-refractivity contribution in [3.05, 3.63) is 35.1 Å². The molecule has 0 bridgehead atoms. The predicted molar refractivity (Wildman–Crippen MR) is 122 cm³/mol. The van der Waals surface area contributed by atoms with E-state index in [2.05, 4.69) is 26.8 Å². The number of halogens is 1. The maximum atomic E-state index is 9.57. The molecule has 7 nitrogen and oxygen atoms in total. The number of anilines is 1. The Kier molecular flexibility index (Phi) is 6.40. The molecule has 0 radical (unpaired) electrons. The molecule has 1 aliphatic carbocycles. The number of rotatable bonds is 6. The van der Waals surface area contributed by atoms with Crippen molar-refractivity contribution < 1.29 is 5.11 Å². The SMILES string of the molecule is CC1CCC(Cn2c(NC(C)CO)nc3nc(C#N)nc(-c4cccc(Cl)c4)c32)CC1. The zero-order valence-corrected chi connectivity index (χ0v) is 18.6.